The summed E-state index contributed by atoms with van der Waals surface area (Å²) in [6.07, 6.45) is 4.48. The summed E-state index contributed by atoms with van der Waals surface area (Å²) in [5, 5.41) is 18.0. The first-order chi connectivity index (χ1) is 12.0. The topological polar surface area (TPSA) is 115 Å². The lowest BCUT2D eigenvalue weighted by molar-refractivity contribution is -0.385. The second-order valence-electron chi connectivity index (χ2n) is 5.66. The van der Waals surface area contributed by atoms with E-state index in [1.807, 2.05) is 0 Å². The lowest BCUT2D eigenvalue weighted by Gasteiger charge is -2.26. The third kappa shape index (κ3) is 4.10. The number of aryl methyl sites for hydroxylation is 1. The normalized spacial score (nSPS) is 14.4. The lowest BCUT2D eigenvalue weighted by Crippen LogP contribution is -2.42. The van der Waals surface area contributed by atoms with Crippen LogP contribution in [0, 0.1) is 17.0 Å². The van der Waals surface area contributed by atoms with Gasteiger partial charge in [-0.2, -0.15) is 5.10 Å². The van der Waals surface area contributed by atoms with E-state index >= 15 is 0 Å². The van der Waals surface area contributed by atoms with Gasteiger partial charge in [-0.25, -0.2) is 4.98 Å². The zero-order chi connectivity index (χ0) is 17.8. The number of morpholine rings is 1. The Morgan fingerprint density at radius 2 is 2.16 bits per heavy atom. The van der Waals surface area contributed by atoms with Crippen LogP contribution in [-0.4, -0.2) is 56.8 Å². The Kier molecular flexibility index (Phi) is 4.89. The number of hydrogen-bond donors (Lipinski definition) is 1. The minimum Gasteiger partial charge on any atom is -0.378 e. The van der Waals surface area contributed by atoms with Crippen molar-refractivity contribution in [2.45, 2.75) is 13.5 Å². The van der Waals surface area contributed by atoms with Crippen LogP contribution in [0.1, 0.15) is 5.56 Å². The van der Waals surface area contributed by atoms with Crippen molar-refractivity contribution >= 4 is 23.1 Å². The molecule has 0 atom stereocenters. The summed E-state index contributed by atoms with van der Waals surface area (Å²) in [5.41, 5.74) is 1.13. The van der Waals surface area contributed by atoms with E-state index < -0.39 is 4.92 Å². The van der Waals surface area contributed by atoms with Crippen LogP contribution in [0.2, 0.25) is 0 Å². The third-order valence-corrected chi connectivity index (χ3v) is 3.85. The van der Waals surface area contributed by atoms with Gasteiger partial charge in [0.15, 0.2) is 0 Å². The maximum absolute atomic E-state index is 12.2. The van der Waals surface area contributed by atoms with Crippen molar-refractivity contribution < 1.29 is 14.5 Å². The minimum atomic E-state index is -0.471. The molecule has 0 aromatic carbocycles. The van der Waals surface area contributed by atoms with Gasteiger partial charge in [0.1, 0.15) is 18.6 Å². The fourth-order valence-electron chi connectivity index (χ4n) is 2.52. The Balaban J connectivity index is 1.62. The molecule has 0 bridgehead atoms. The zero-order valence-corrected chi connectivity index (χ0v) is 13.7. The van der Waals surface area contributed by atoms with Gasteiger partial charge in [-0.15, -0.1) is 0 Å². The molecule has 1 fully saturated rings. The number of amides is 1. The number of aromatic nitrogens is 3. The van der Waals surface area contributed by atoms with Gasteiger partial charge in [-0.3, -0.25) is 19.6 Å². The molecule has 1 aliphatic heterocycles. The number of nitrogens with one attached hydrogen (secondary N) is 1. The molecule has 1 amide bonds. The van der Waals surface area contributed by atoms with Crippen LogP contribution in [0.25, 0.3) is 0 Å². The number of pyridine rings is 1. The van der Waals surface area contributed by atoms with Crippen LogP contribution in [0.15, 0.2) is 24.7 Å². The number of nitrogens with zero attached hydrogens (tertiary/aromatic N) is 5. The highest BCUT2D eigenvalue weighted by Gasteiger charge is 2.17. The van der Waals surface area contributed by atoms with E-state index in [0.29, 0.717) is 43.4 Å². The molecule has 25 heavy (non-hydrogen) atoms. The predicted octanol–water partition coefficient (Wildman–Crippen LogP) is 1.10. The van der Waals surface area contributed by atoms with Crippen molar-refractivity contribution in [3.05, 3.63) is 40.3 Å². The molecular weight excluding hydrogens is 328 g/mol. The highest BCUT2D eigenvalue weighted by Crippen LogP contribution is 2.21. The summed E-state index contributed by atoms with van der Waals surface area (Å²) < 4.78 is 6.77. The van der Waals surface area contributed by atoms with Gasteiger partial charge < -0.3 is 15.0 Å². The molecule has 1 N–H and O–H groups in total. The number of nitro groups is 1. The molecule has 1 saturated heterocycles. The van der Waals surface area contributed by atoms with Crippen LogP contribution in [0.4, 0.5) is 17.2 Å². The van der Waals surface area contributed by atoms with Crippen molar-refractivity contribution in [2.75, 3.05) is 31.6 Å². The van der Waals surface area contributed by atoms with E-state index in [0.717, 1.165) is 0 Å². The minimum absolute atomic E-state index is 0.0118. The Morgan fingerprint density at radius 1 is 1.40 bits per heavy atom. The molecule has 10 nitrogen and oxygen atoms in total. The monoisotopic (exact) mass is 346 g/mol. The van der Waals surface area contributed by atoms with E-state index in [1.165, 1.54) is 6.20 Å². The van der Waals surface area contributed by atoms with E-state index in [9.17, 15) is 14.9 Å². The Morgan fingerprint density at radius 3 is 2.84 bits per heavy atom. The standard InChI is InChI=1S/C15H18N6O4/c1-11-6-14(16-8-13(11)21(23)24)18-12-7-17-20(9-12)10-15(22)19-2-4-25-5-3-19/h6-9H,2-5,10H2,1H3,(H,16,18). The fraction of sp³-hybridized carbons (Fsp3) is 0.400. The van der Waals surface area contributed by atoms with Crippen molar-refractivity contribution in [3.8, 4) is 0 Å². The fourth-order valence-corrected chi connectivity index (χ4v) is 2.52. The molecule has 1 aliphatic rings. The first-order valence-electron chi connectivity index (χ1n) is 7.79. The molecular formula is C15H18N6O4. The molecule has 0 radical (unpaired) electrons. The summed E-state index contributed by atoms with van der Waals surface area (Å²) >= 11 is 0. The molecule has 3 rings (SSSR count). The molecule has 10 heteroatoms. The van der Waals surface area contributed by atoms with Gasteiger partial charge in [0.25, 0.3) is 5.69 Å². The molecule has 0 saturated carbocycles. The second-order valence-corrected chi connectivity index (χ2v) is 5.66. The number of hydrogen-bond acceptors (Lipinski definition) is 7. The van der Waals surface area contributed by atoms with Crippen molar-refractivity contribution in [1.82, 2.24) is 19.7 Å². The Hall–Kier alpha value is -3.01. The molecule has 3 heterocycles. The predicted molar refractivity (Wildman–Crippen MR) is 88.5 cm³/mol. The van der Waals surface area contributed by atoms with E-state index in [4.69, 9.17) is 4.74 Å². The summed E-state index contributed by atoms with van der Waals surface area (Å²) in [4.78, 5) is 28.3. The zero-order valence-electron chi connectivity index (χ0n) is 13.7. The summed E-state index contributed by atoms with van der Waals surface area (Å²) in [6, 6.07) is 1.59. The number of ether oxygens (including phenoxy) is 1. The summed E-state index contributed by atoms with van der Waals surface area (Å²) in [7, 11) is 0. The molecule has 0 aliphatic carbocycles. The van der Waals surface area contributed by atoms with Gasteiger partial charge in [-0.05, 0) is 13.0 Å². The van der Waals surface area contributed by atoms with Gasteiger partial charge in [0.2, 0.25) is 5.91 Å². The molecule has 2 aromatic rings. The highest BCUT2D eigenvalue weighted by molar-refractivity contribution is 5.76. The van der Waals surface area contributed by atoms with Crippen molar-refractivity contribution in [2.24, 2.45) is 0 Å². The van der Waals surface area contributed by atoms with Gasteiger partial charge >= 0.3 is 0 Å². The molecule has 2 aromatic heterocycles. The largest absolute Gasteiger partial charge is 0.378 e. The van der Waals surface area contributed by atoms with E-state index in [1.54, 1.807) is 35.0 Å². The number of rotatable bonds is 5. The average Bonchev–Trinajstić information content (AvgIpc) is 3.02. The highest BCUT2D eigenvalue weighted by atomic mass is 16.6. The molecule has 0 spiro atoms. The number of carbonyl (C=O) groups is 1. The first-order valence-corrected chi connectivity index (χ1v) is 7.79. The average molecular weight is 346 g/mol. The van der Waals surface area contributed by atoms with Crippen LogP contribution < -0.4 is 5.32 Å². The first kappa shape index (κ1) is 16.8. The second kappa shape index (κ2) is 7.26. The number of anilines is 2. The van der Waals surface area contributed by atoms with Crippen LogP contribution in [0.3, 0.4) is 0 Å². The quantitative estimate of drug-likeness (QED) is 0.636. The number of carbonyl (C=O) groups excluding carboxylic acids is 1. The van der Waals surface area contributed by atoms with Gasteiger partial charge in [0.05, 0.1) is 30.0 Å². The van der Waals surface area contributed by atoms with Crippen LogP contribution in [0.5, 0.6) is 0 Å². The molecule has 0 unspecified atom stereocenters. The van der Waals surface area contributed by atoms with Gasteiger partial charge in [-0.1, -0.05) is 0 Å². The van der Waals surface area contributed by atoms with E-state index in [-0.39, 0.29) is 18.1 Å². The van der Waals surface area contributed by atoms with Crippen molar-refractivity contribution in [3.63, 3.8) is 0 Å². The van der Waals surface area contributed by atoms with Crippen molar-refractivity contribution in [1.29, 1.82) is 0 Å². The Bertz CT molecular complexity index is 784. The SMILES string of the molecule is Cc1cc(Nc2cnn(CC(=O)N3CCOCC3)c2)ncc1[N+](=O)[O-]. The van der Waals surface area contributed by atoms with Crippen LogP contribution in [-0.2, 0) is 16.1 Å². The van der Waals surface area contributed by atoms with Crippen LogP contribution >= 0.6 is 0 Å². The smallest absolute Gasteiger partial charge is 0.290 e. The summed E-state index contributed by atoms with van der Waals surface area (Å²) in [6.45, 7) is 4.10. The maximum Gasteiger partial charge on any atom is 0.290 e. The summed E-state index contributed by atoms with van der Waals surface area (Å²) in [5.74, 6) is 0.462. The van der Waals surface area contributed by atoms with Gasteiger partial charge in [0, 0.05) is 24.8 Å². The third-order valence-electron chi connectivity index (χ3n) is 3.85. The lowest BCUT2D eigenvalue weighted by atomic mass is 10.2. The molecule has 132 valence electrons. The Labute approximate surface area is 143 Å². The maximum atomic E-state index is 12.2. The van der Waals surface area contributed by atoms with E-state index in [2.05, 4.69) is 15.4 Å².